The number of carbonyl (C=O) groups is 1. The van der Waals surface area contributed by atoms with Crippen molar-refractivity contribution in [1.82, 2.24) is 0 Å². The van der Waals surface area contributed by atoms with Crippen molar-refractivity contribution in [3.05, 3.63) is 28.8 Å². The standard InChI is InChI=1S/C14H18ClNO2/c1-18-13-8-10(5-6-12(13)15)14(17)9-3-2-4-11(16)7-9/h5-6,8-9,11H,2-4,7,16H2,1H3. The van der Waals surface area contributed by atoms with Gasteiger partial charge in [0.05, 0.1) is 12.1 Å². The second-order valence-electron chi connectivity index (χ2n) is 4.84. The monoisotopic (exact) mass is 267 g/mol. The zero-order valence-electron chi connectivity index (χ0n) is 10.5. The van der Waals surface area contributed by atoms with Gasteiger partial charge in [-0.2, -0.15) is 0 Å². The number of benzene rings is 1. The Morgan fingerprint density at radius 3 is 2.89 bits per heavy atom. The third-order valence-electron chi connectivity index (χ3n) is 3.52. The summed E-state index contributed by atoms with van der Waals surface area (Å²) in [7, 11) is 1.55. The zero-order valence-corrected chi connectivity index (χ0v) is 11.2. The molecule has 2 N–H and O–H groups in total. The average molecular weight is 268 g/mol. The van der Waals surface area contributed by atoms with Crippen molar-refractivity contribution in [1.29, 1.82) is 0 Å². The summed E-state index contributed by atoms with van der Waals surface area (Å²) in [6.45, 7) is 0. The van der Waals surface area contributed by atoms with Crippen LogP contribution in [-0.2, 0) is 0 Å². The van der Waals surface area contributed by atoms with Gasteiger partial charge in [-0.25, -0.2) is 0 Å². The maximum atomic E-state index is 12.4. The Morgan fingerprint density at radius 1 is 1.44 bits per heavy atom. The first kappa shape index (κ1) is 13.4. The van der Waals surface area contributed by atoms with Gasteiger partial charge in [-0.3, -0.25) is 4.79 Å². The Kier molecular flexibility index (Phi) is 4.25. The predicted molar refractivity (Wildman–Crippen MR) is 72.3 cm³/mol. The van der Waals surface area contributed by atoms with Crippen molar-refractivity contribution in [3.8, 4) is 5.75 Å². The van der Waals surface area contributed by atoms with Gasteiger partial charge >= 0.3 is 0 Å². The molecule has 1 saturated carbocycles. The maximum absolute atomic E-state index is 12.4. The second-order valence-corrected chi connectivity index (χ2v) is 5.24. The van der Waals surface area contributed by atoms with Crippen molar-refractivity contribution in [3.63, 3.8) is 0 Å². The van der Waals surface area contributed by atoms with E-state index >= 15 is 0 Å². The van der Waals surface area contributed by atoms with E-state index < -0.39 is 0 Å². The summed E-state index contributed by atoms with van der Waals surface area (Å²) in [6, 6.07) is 5.33. The number of rotatable bonds is 3. The van der Waals surface area contributed by atoms with Crippen molar-refractivity contribution in [2.75, 3.05) is 7.11 Å². The fourth-order valence-corrected chi connectivity index (χ4v) is 2.71. The van der Waals surface area contributed by atoms with Crippen LogP contribution >= 0.6 is 11.6 Å². The summed E-state index contributed by atoms with van der Waals surface area (Å²) in [4.78, 5) is 12.4. The summed E-state index contributed by atoms with van der Waals surface area (Å²) >= 11 is 5.95. The average Bonchev–Trinajstić information content (AvgIpc) is 2.38. The van der Waals surface area contributed by atoms with Crippen molar-refractivity contribution in [2.24, 2.45) is 11.7 Å². The van der Waals surface area contributed by atoms with Gasteiger partial charge in [-0.1, -0.05) is 18.0 Å². The fourth-order valence-electron chi connectivity index (χ4n) is 2.51. The Labute approximate surface area is 112 Å². The van der Waals surface area contributed by atoms with E-state index in [2.05, 4.69) is 0 Å². The first-order valence-electron chi connectivity index (χ1n) is 6.25. The largest absolute Gasteiger partial charge is 0.495 e. The third-order valence-corrected chi connectivity index (χ3v) is 3.83. The SMILES string of the molecule is COc1cc(C(=O)C2CCCC(N)C2)ccc1Cl. The highest BCUT2D eigenvalue weighted by Crippen LogP contribution is 2.30. The highest BCUT2D eigenvalue weighted by atomic mass is 35.5. The second kappa shape index (κ2) is 5.72. The van der Waals surface area contributed by atoms with Gasteiger partial charge in [0, 0.05) is 17.5 Å². The van der Waals surface area contributed by atoms with Crippen molar-refractivity contribution in [2.45, 2.75) is 31.7 Å². The van der Waals surface area contributed by atoms with E-state index in [1.165, 1.54) is 0 Å². The minimum absolute atomic E-state index is 0.0413. The molecule has 18 heavy (non-hydrogen) atoms. The highest BCUT2D eigenvalue weighted by Gasteiger charge is 2.26. The van der Waals surface area contributed by atoms with E-state index in [4.69, 9.17) is 22.1 Å². The molecule has 1 fully saturated rings. The Balaban J connectivity index is 2.17. The lowest BCUT2D eigenvalue weighted by molar-refractivity contribution is 0.0881. The van der Waals surface area contributed by atoms with Crippen LogP contribution in [0.2, 0.25) is 5.02 Å². The quantitative estimate of drug-likeness (QED) is 0.857. The lowest BCUT2D eigenvalue weighted by Gasteiger charge is -2.25. The van der Waals surface area contributed by atoms with Crippen LogP contribution in [0, 0.1) is 5.92 Å². The van der Waals surface area contributed by atoms with E-state index in [-0.39, 0.29) is 17.7 Å². The maximum Gasteiger partial charge on any atom is 0.166 e. The molecule has 2 atom stereocenters. The van der Waals surface area contributed by atoms with Gasteiger partial charge in [0.2, 0.25) is 0 Å². The van der Waals surface area contributed by atoms with Crippen LogP contribution in [0.25, 0.3) is 0 Å². The molecule has 0 aromatic heterocycles. The van der Waals surface area contributed by atoms with Gasteiger partial charge in [0.25, 0.3) is 0 Å². The molecule has 1 aromatic carbocycles. The predicted octanol–water partition coefficient (Wildman–Crippen LogP) is 3.05. The summed E-state index contributed by atoms with van der Waals surface area (Å²) in [6.07, 6.45) is 3.76. The summed E-state index contributed by atoms with van der Waals surface area (Å²) in [5.41, 5.74) is 6.59. The molecule has 1 aliphatic carbocycles. The molecule has 0 radical (unpaired) electrons. The number of hydrogen-bond donors (Lipinski definition) is 1. The number of ketones is 1. The smallest absolute Gasteiger partial charge is 0.166 e. The van der Waals surface area contributed by atoms with E-state index in [1.807, 2.05) is 0 Å². The summed E-state index contributed by atoms with van der Waals surface area (Å²) in [5.74, 6) is 0.738. The van der Waals surface area contributed by atoms with E-state index in [0.29, 0.717) is 16.3 Å². The van der Waals surface area contributed by atoms with Crippen molar-refractivity contribution >= 4 is 17.4 Å². The molecule has 4 heteroatoms. The molecular formula is C14H18ClNO2. The van der Waals surface area contributed by atoms with Gasteiger partial charge in [0.1, 0.15) is 5.75 Å². The van der Waals surface area contributed by atoms with E-state index in [9.17, 15) is 4.79 Å². The van der Waals surface area contributed by atoms with Crippen molar-refractivity contribution < 1.29 is 9.53 Å². The molecule has 0 saturated heterocycles. The van der Waals surface area contributed by atoms with Crippen LogP contribution in [0.1, 0.15) is 36.0 Å². The Hall–Kier alpha value is -1.06. The van der Waals surface area contributed by atoms with Crippen LogP contribution in [0.4, 0.5) is 0 Å². The topological polar surface area (TPSA) is 52.3 Å². The van der Waals surface area contributed by atoms with Gasteiger partial charge in [0.15, 0.2) is 5.78 Å². The molecule has 0 heterocycles. The van der Waals surface area contributed by atoms with Crippen LogP contribution in [0.5, 0.6) is 5.75 Å². The number of methoxy groups -OCH3 is 1. The van der Waals surface area contributed by atoms with Gasteiger partial charge < -0.3 is 10.5 Å². The highest BCUT2D eigenvalue weighted by molar-refractivity contribution is 6.32. The summed E-state index contributed by atoms with van der Waals surface area (Å²) in [5, 5.41) is 0.523. The minimum Gasteiger partial charge on any atom is -0.495 e. The lowest BCUT2D eigenvalue weighted by atomic mass is 9.81. The minimum atomic E-state index is 0.0413. The number of halogens is 1. The Bertz CT molecular complexity index is 447. The zero-order chi connectivity index (χ0) is 13.1. The van der Waals surface area contributed by atoms with Gasteiger partial charge in [-0.15, -0.1) is 0 Å². The summed E-state index contributed by atoms with van der Waals surface area (Å²) < 4.78 is 5.14. The number of carbonyl (C=O) groups excluding carboxylic acids is 1. The molecule has 2 rings (SSSR count). The van der Waals surface area contributed by atoms with Crippen LogP contribution in [0.15, 0.2) is 18.2 Å². The Morgan fingerprint density at radius 2 is 2.22 bits per heavy atom. The van der Waals surface area contributed by atoms with Crippen LogP contribution in [-0.4, -0.2) is 18.9 Å². The van der Waals surface area contributed by atoms with E-state index in [1.54, 1.807) is 25.3 Å². The molecule has 1 aromatic rings. The van der Waals surface area contributed by atoms with E-state index in [0.717, 1.165) is 25.7 Å². The fraction of sp³-hybridized carbons (Fsp3) is 0.500. The first-order valence-corrected chi connectivity index (χ1v) is 6.63. The molecule has 2 unspecified atom stereocenters. The molecule has 1 aliphatic rings. The number of Topliss-reactive ketones (excluding diaryl/α,β-unsaturated/α-hetero) is 1. The molecule has 98 valence electrons. The lowest BCUT2D eigenvalue weighted by Crippen LogP contribution is -2.31. The first-order chi connectivity index (χ1) is 8.61. The van der Waals surface area contributed by atoms with Gasteiger partial charge in [-0.05, 0) is 37.5 Å². The normalized spacial score (nSPS) is 23.7. The molecular weight excluding hydrogens is 250 g/mol. The van der Waals surface area contributed by atoms with Crippen LogP contribution < -0.4 is 10.5 Å². The molecule has 0 aliphatic heterocycles. The molecule has 0 spiro atoms. The third kappa shape index (κ3) is 2.85. The molecule has 0 bridgehead atoms. The molecule has 3 nitrogen and oxygen atoms in total. The molecule has 0 amide bonds. The number of nitrogens with two attached hydrogens (primary N) is 1. The number of hydrogen-bond acceptors (Lipinski definition) is 3. The van der Waals surface area contributed by atoms with Crippen LogP contribution in [0.3, 0.4) is 0 Å². The number of ether oxygens (including phenoxy) is 1.